The van der Waals surface area contributed by atoms with Crippen molar-refractivity contribution in [2.24, 2.45) is 0 Å². The highest BCUT2D eigenvalue weighted by Gasteiger charge is 2.23. The molecule has 1 fully saturated rings. The molecule has 0 amide bonds. The summed E-state index contributed by atoms with van der Waals surface area (Å²) in [5, 5.41) is 0.874. The Labute approximate surface area is 148 Å². The molecule has 25 heavy (non-hydrogen) atoms. The summed E-state index contributed by atoms with van der Waals surface area (Å²) in [4.78, 5) is 11.4. The molecule has 1 aliphatic rings. The minimum Gasteiger partial charge on any atom is -0.383 e. The number of anilines is 1. The second-order valence-electron chi connectivity index (χ2n) is 6.62. The molecule has 2 aromatic rings. The number of piperidine rings is 1. The third-order valence-corrected chi connectivity index (χ3v) is 5.34. The first-order valence-corrected chi connectivity index (χ1v) is 10.5. The number of nitrogens with one attached hydrogen (secondary N) is 1. The minimum absolute atomic E-state index is 0.333. The van der Waals surface area contributed by atoms with Crippen molar-refractivity contribution >= 4 is 26.7 Å². The third-order valence-electron chi connectivity index (χ3n) is 4.61. The van der Waals surface area contributed by atoms with E-state index in [0.29, 0.717) is 24.9 Å². The second-order valence-corrected chi connectivity index (χ2v) is 8.45. The van der Waals surface area contributed by atoms with Crippen molar-refractivity contribution in [3.05, 3.63) is 30.1 Å². The van der Waals surface area contributed by atoms with E-state index >= 15 is 0 Å². The first-order valence-electron chi connectivity index (χ1n) is 8.62. The van der Waals surface area contributed by atoms with Gasteiger partial charge in [0.15, 0.2) is 0 Å². The summed E-state index contributed by atoms with van der Waals surface area (Å²) in [6.07, 6.45) is 5.35. The van der Waals surface area contributed by atoms with Crippen LogP contribution in [0.25, 0.3) is 10.9 Å². The number of para-hydroxylation sites is 1. The molecular weight excluding hydrogens is 338 g/mol. The van der Waals surface area contributed by atoms with Crippen LogP contribution in [0.1, 0.15) is 31.5 Å². The standard InChI is InChI=1S/C17H25N5O2S/c1-25(23,24)19-10-9-13-6-4-5-11-22(13)12-16-20-15-8-3-2-7-14(15)17(18)21-16/h2-3,7-8,13,19H,4-6,9-12H2,1H3,(H2,18,20,21). The molecule has 3 N–H and O–H groups in total. The van der Waals surface area contributed by atoms with Gasteiger partial charge < -0.3 is 5.73 Å². The SMILES string of the molecule is CS(=O)(=O)NCCC1CCCCN1Cc1nc(N)c2ccccc2n1. The van der Waals surface area contributed by atoms with Gasteiger partial charge in [-0.25, -0.2) is 23.1 Å². The molecule has 8 heteroatoms. The van der Waals surface area contributed by atoms with Crippen LogP contribution in [0.5, 0.6) is 0 Å². The van der Waals surface area contributed by atoms with Gasteiger partial charge in [-0.05, 0) is 37.9 Å². The van der Waals surface area contributed by atoms with Gasteiger partial charge in [-0.15, -0.1) is 0 Å². The van der Waals surface area contributed by atoms with Gasteiger partial charge >= 0.3 is 0 Å². The zero-order valence-electron chi connectivity index (χ0n) is 14.5. The Bertz CT molecular complexity index is 840. The van der Waals surface area contributed by atoms with Gasteiger partial charge in [-0.2, -0.15) is 0 Å². The first-order chi connectivity index (χ1) is 11.9. The van der Waals surface area contributed by atoms with Gasteiger partial charge in [-0.3, -0.25) is 4.90 Å². The molecule has 1 saturated heterocycles. The predicted octanol–water partition coefficient (Wildman–Crippen LogP) is 1.51. The summed E-state index contributed by atoms with van der Waals surface area (Å²) < 4.78 is 25.1. The van der Waals surface area contributed by atoms with E-state index in [4.69, 9.17) is 5.73 Å². The molecule has 0 aliphatic carbocycles. The van der Waals surface area contributed by atoms with Crippen molar-refractivity contribution in [3.8, 4) is 0 Å². The van der Waals surface area contributed by atoms with E-state index in [1.807, 2.05) is 24.3 Å². The van der Waals surface area contributed by atoms with Crippen LogP contribution in [0.4, 0.5) is 5.82 Å². The summed E-state index contributed by atoms with van der Waals surface area (Å²) in [5.41, 5.74) is 6.94. The van der Waals surface area contributed by atoms with Gasteiger partial charge in [0.25, 0.3) is 0 Å². The first kappa shape index (κ1) is 18.0. The largest absolute Gasteiger partial charge is 0.383 e. The number of aromatic nitrogens is 2. The molecule has 0 spiro atoms. The molecule has 1 atom stereocenters. The fraction of sp³-hybridized carbons (Fsp3) is 0.529. The van der Waals surface area contributed by atoms with Crippen LogP contribution in [0.2, 0.25) is 0 Å². The molecule has 0 radical (unpaired) electrons. The van der Waals surface area contributed by atoms with E-state index in [2.05, 4.69) is 19.6 Å². The fourth-order valence-electron chi connectivity index (χ4n) is 3.41. The maximum absolute atomic E-state index is 11.2. The molecule has 1 aromatic carbocycles. The summed E-state index contributed by atoms with van der Waals surface area (Å²) >= 11 is 0. The maximum atomic E-state index is 11.2. The van der Waals surface area contributed by atoms with Crippen LogP contribution in [0.15, 0.2) is 24.3 Å². The number of benzene rings is 1. The predicted molar refractivity (Wildman–Crippen MR) is 99.5 cm³/mol. The quantitative estimate of drug-likeness (QED) is 0.807. The highest BCUT2D eigenvalue weighted by Crippen LogP contribution is 2.23. The Morgan fingerprint density at radius 1 is 1.28 bits per heavy atom. The lowest BCUT2D eigenvalue weighted by atomic mass is 9.99. The summed E-state index contributed by atoms with van der Waals surface area (Å²) in [5.74, 6) is 1.23. The van der Waals surface area contributed by atoms with Crippen LogP contribution in [0, 0.1) is 0 Å². The molecule has 1 aliphatic heterocycles. The molecule has 2 heterocycles. The molecule has 1 unspecified atom stereocenters. The summed E-state index contributed by atoms with van der Waals surface area (Å²) in [7, 11) is -3.14. The Balaban J connectivity index is 1.71. The van der Waals surface area contributed by atoms with Crippen LogP contribution >= 0.6 is 0 Å². The number of nitrogen functional groups attached to an aromatic ring is 1. The lowest BCUT2D eigenvalue weighted by molar-refractivity contribution is 0.130. The Kier molecular flexibility index (Phi) is 5.51. The van der Waals surface area contributed by atoms with Gasteiger partial charge in [0, 0.05) is 18.0 Å². The van der Waals surface area contributed by atoms with Gasteiger partial charge in [0.1, 0.15) is 11.6 Å². The van der Waals surface area contributed by atoms with Crippen LogP contribution in [-0.4, -0.2) is 48.7 Å². The van der Waals surface area contributed by atoms with Gasteiger partial charge in [0.05, 0.1) is 18.3 Å². The molecule has 136 valence electrons. The van der Waals surface area contributed by atoms with Crippen molar-refractivity contribution in [2.45, 2.75) is 38.3 Å². The van der Waals surface area contributed by atoms with E-state index in [1.165, 1.54) is 12.7 Å². The lowest BCUT2D eigenvalue weighted by Crippen LogP contribution is -2.41. The van der Waals surface area contributed by atoms with Crippen molar-refractivity contribution in [2.75, 3.05) is 25.1 Å². The van der Waals surface area contributed by atoms with Crippen molar-refractivity contribution in [3.63, 3.8) is 0 Å². The second kappa shape index (κ2) is 7.63. The normalized spacial score (nSPS) is 19.3. The van der Waals surface area contributed by atoms with E-state index in [9.17, 15) is 8.42 Å². The van der Waals surface area contributed by atoms with Crippen LogP contribution in [0.3, 0.4) is 0 Å². The van der Waals surface area contributed by atoms with E-state index in [1.54, 1.807) is 0 Å². The van der Waals surface area contributed by atoms with Crippen molar-refractivity contribution in [1.82, 2.24) is 19.6 Å². The lowest BCUT2D eigenvalue weighted by Gasteiger charge is -2.35. The Morgan fingerprint density at radius 2 is 2.08 bits per heavy atom. The number of hydrogen-bond donors (Lipinski definition) is 2. The molecule has 0 bridgehead atoms. The zero-order chi connectivity index (χ0) is 17.9. The number of rotatable bonds is 6. The number of nitrogens with two attached hydrogens (primary N) is 1. The Hall–Kier alpha value is -1.77. The average molecular weight is 363 g/mol. The van der Waals surface area contributed by atoms with Crippen LogP contribution in [-0.2, 0) is 16.6 Å². The highest BCUT2D eigenvalue weighted by molar-refractivity contribution is 7.88. The van der Waals surface area contributed by atoms with Gasteiger partial charge in [-0.1, -0.05) is 18.6 Å². The average Bonchev–Trinajstić information content (AvgIpc) is 2.55. The van der Waals surface area contributed by atoms with E-state index in [-0.39, 0.29) is 0 Å². The number of fused-ring (bicyclic) bond motifs is 1. The van der Waals surface area contributed by atoms with Crippen molar-refractivity contribution in [1.29, 1.82) is 0 Å². The topological polar surface area (TPSA) is 101 Å². The number of hydrogen-bond acceptors (Lipinski definition) is 6. The maximum Gasteiger partial charge on any atom is 0.208 e. The molecular formula is C17H25N5O2S. The van der Waals surface area contributed by atoms with Crippen molar-refractivity contribution < 1.29 is 8.42 Å². The zero-order valence-corrected chi connectivity index (χ0v) is 15.3. The minimum atomic E-state index is -3.14. The van der Waals surface area contributed by atoms with Crippen LogP contribution < -0.4 is 10.5 Å². The number of sulfonamides is 1. The molecule has 0 saturated carbocycles. The Morgan fingerprint density at radius 3 is 2.88 bits per heavy atom. The fourth-order valence-corrected chi connectivity index (χ4v) is 3.90. The smallest absolute Gasteiger partial charge is 0.208 e. The number of likely N-dealkylation sites (tertiary alicyclic amines) is 1. The summed E-state index contributed by atoms with van der Waals surface area (Å²) in [6.45, 7) is 2.07. The molecule has 1 aromatic heterocycles. The molecule has 7 nitrogen and oxygen atoms in total. The third kappa shape index (κ3) is 4.87. The van der Waals surface area contributed by atoms with Gasteiger partial charge in [0.2, 0.25) is 10.0 Å². The monoisotopic (exact) mass is 363 g/mol. The van der Waals surface area contributed by atoms with E-state index < -0.39 is 10.0 Å². The molecule has 3 rings (SSSR count). The van der Waals surface area contributed by atoms with E-state index in [0.717, 1.165) is 42.5 Å². The highest BCUT2D eigenvalue weighted by atomic mass is 32.2. The number of nitrogens with zero attached hydrogens (tertiary/aromatic N) is 3. The summed E-state index contributed by atoms with van der Waals surface area (Å²) in [6, 6.07) is 8.07.